The van der Waals surface area contributed by atoms with E-state index in [-0.39, 0.29) is 17.3 Å². The van der Waals surface area contributed by atoms with Crippen LogP contribution >= 0.6 is 11.6 Å². The highest BCUT2D eigenvalue weighted by Crippen LogP contribution is 2.26. The van der Waals surface area contributed by atoms with E-state index in [0.29, 0.717) is 19.4 Å². The number of hydrogen-bond donors (Lipinski definition) is 2. The Hall–Kier alpha value is -1.67. The lowest BCUT2D eigenvalue weighted by Gasteiger charge is -2.07. The maximum absolute atomic E-state index is 11.5. The Kier molecular flexibility index (Phi) is 5.05. The summed E-state index contributed by atoms with van der Waals surface area (Å²) in [7, 11) is 1.29. The molecule has 2 N–H and O–H groups in total. The molecule has 0 fully saturated rings. The zero-order chi connectivity index (χ0) is 13.7. The molecule has 0 bridgehead atoms. The quantitative estimate of drug-likeness (QED) is 0.445. The van der Waals surface area contributed by atoms with Crippen LogP contribution in [0.15, 0.2) is 4.79 Å². The summed E-state index contributed by atoms with van der Waals surface area (Å²) in [5.41, 5.74) is -0.686. The van der Waals surface area contributed by atoms with E-state index in [1.165, 1.54) is 7.05 Å². The SMILES string of the molecule is Cn1nc([N+](=O)[O-])c(NCCCCO)c(Cl)c1=O. The number of unbranched alkanes of at least 4 members (excludes halogenated alkanes) is 1. The summed E-state index contributed by atoms with van der Waals surface area (Å²) in [6, 6.07) is 0. The minimum Gasteiger partial charge on any atom is -0.396 e. The van der Waals surface area contributed by atoms with Gasteiger partial charge in [0.1, 0.15) is 5.02 Å². The van der Waals surface area contributed by atoms with E-state index in [0.717, 1.165) is 4.68 Å². The van der Waals surface area contributed by atoms with Crippen LogP contribution in [-0.4, -0.2) is 33.0 Å². The fraction of sp³-hybridized carbons (Fsp3) is 0.556. The van der Waals surface area contributed by atoms with Gasteiger partial charge < -0.3 is 20.5 Å². The van der Waals surface area contributed by atoms with Crippen molar-refractivity contribution < 1.29 is 10.0 Å². The van der Waals surface area contributed by atoms with Gasteiger partial charge in [-0.05, 0) is 17.8 Å². The summed E-state index contributed by atoms with van der Waals surface area (Å²) < 4.78 is 0.819. The maximum atomic E-state index is 11.5. The van der Waals surface area contributed by atoms with Gasteiger partial charge >= 0.3 is 11.4 Å². The molecule has 0 aliphatic heterocycles. The van der Waals surface area contributed by atoms with Crippen molar-refractivity contribution >= 4 is 23.1 Å². The number of aromatic nitrogens is 2. The lowest BCUT2D eigenvalue weighted by molar-refractivity contribution is -0.389. The van der Waals surface area contributed by atoms with Crippen LogP contribution in [0.5, 0.6) is 0 Å². The minimum absolute atomic E-state index is 0.0340. The monoisotopic (exact) mass is 276 g/mol. The first-order valence-electron chi connectivity index (χ1n) is 5.25. The molecule has 1 heterocycles. The number of rotatable bonds is 6. The van der Waals surface area contributed by atoms with Crippen LogP contribution in [0.3, 0.4) is 0 Å². The second kappa shape index (κ2) is 6.31. The van der Waals surface area contributed by atoms with Gasteiger partial charge in [-0.25, -0.2) is 0 Å². The Morgan fingerprint density at radius 1 is 1.56 bits per heavy atom. The van der Waals surface area contributed by atoms with Crippen LogP contribution in [0.4, 0.5) is 11.5 Å². The van der Waals surface area contributed by atoms with Crippen molar-refractivity contribution in [3.8, 4) is 0 Å². The van der Waals surface area contributed by atoms with Crippen LogP contribution < -0.4 is 10.9 Å². The molecule has 1 rings (SSSR count). The number of hydrogen-bond acceptors (Lipinski definition) is 6. The smallest absolute Gasteiger partial charge is 0.396 e. The molecule has 8 nitrogen and oxygen atoms in total. The number of nitro groups is 1. The molecule has 0 aliphatic rings. The third-order valence-corrected chi connectivity index (χ3v) is 2.58. The molecule has 0 atom stereocenters. The van der Waals surface area contributed by atoms with Gasteiger partial charge in [0.05, 0.1) is 12.1 Å². The summed E-state index contributed by atoms with van der Waals surface area (Å²) in [4.78, 5) is 21.6. The molecule has 0 radical (unpaired) electrons. The number of halogens is 1. The molecular weight excluding hydrogens is 264 g/mol. The second-order valence-electron chi connectivity index (χ2n) is 3.56. The Bertz CT molecular complexity index is 502. The molecule has 0 saturated carbocycles. The maximum Gasteiger partial charge on any atom is 0.413 e. The van der Waals surface area contributed by atoms with Gasteiger partial charge in [-0.1, -0.05) is 11.6 Å². The third kappa shape index (κ3) is 3.17. The number of aryl methyl sites for hydroxylation is 1. The summed E-state index contributed by atoms with van der Waals surface area (Å²) in [6.07, 6.45) is 1.15. The number of nitrogens with zero attached hydrogens (tertiary/aromatic N) is 3. The van der Waals surface area contributed by atoms with Crippen molar-refractivity contribution in [3.05, 3.63) is 25.5 Å². The van der Waals surface area contributed by atoms with Crippen LogP contribution in [0, 0.1) is 10.1 Å². The van der Waals surface area contributed by atoms with Crippen molar-refractivity contribution in [1.82, 2.24) is 9.78 Å². The highest BCUT2D eigenvalue weighted by Gasteiger charge is 2.23. The van der Waals surface area contributed by atoms with Gasteiger partial charge in [0, 0.05) is 13.2 Å². The van der Waals surface area contributed by atoms with Crippen molar-refractivity contribution in [2.75, 3.05) is 18.5 Å². The lowest BCUT2D eigenvalue weighted by Crippen LogP contribution is -2.23. The number of anilines is 1. The molecule has 18 heavy (non-hydrogen) atoms. The number of nitrogens with one attached hydrogen (secondary N) is 1. The van der Waals surface area contributed by atoms with Crippen LogP contribution in [0.25, 0.3) is 0 Å². The minimum atomic E-state index is -0.709. The molecule has 0 spiro atoms. The number of aliphatic hydroxyl groups is 1. The highest BCUT2D eigenvalue weighted by atomic mass is 35.5. The zero-order valence-electron chi connectivity index (χ0n) is 9.72. The van der Waals surface area contributed by atoms with Crippen molar-refractivity contribution in [3.63, 3.8) is 0 Å². The first-order valence-corrected chi connectivity index (χ1v) is 5.62. The molecule has 0 unspecified atom stereocenters. The molecule has 0 saturated heterocycles. The van der Waals surface area contributed by atoms with Gasteiger partial charge in [-0.15, -0.1) is 4.68 Å². The molecule has 0 aromatic carbocycles. The molecule has 9 heteroatoms. The first-order chi connectivity index (χ1) is 8.49. The van der Waals surface area contributed by atoms with Gasteiger partial charge in [-0.3, -0.25) is 4.79 Å². The average Bonchev–Trinajstić information content (AvgIpc) is 2.33. The summed E-state index contributed by atoms with van der Waals surface area (Å²) in [6.45, 7) is 0.391. The average molecular weight is 277 g/mol. The molecular formula is C9H13ClN4O4. The standard InChI is InChI=1S/C9H13ClN4O4/c1-13-9(16)6(10)7(8(12-13)14(17)18)11-4-2-3-5-15/h11,15H,2-5H2,1H3. The lowest BCUT2D eigenvalue weighted by atomic mass is 10.3. The predicted molar refractivity (Wildman–Crippen MR) is 66.0 cm³/mol. The molecule has 100 valence electrons. The van der Waals surface area contributed by atoms with Crippen molar-refractivity contribution in [2.45, 2.75) is 12.8 Å². The Morgan fingerprint density at radius 3 is 2.78 bits per heavy atom. The predicted octanol–water partition coefficient (Wildman–Crippen LogP) is 0.526. The summed E-state index contributed by atoms with van der Waals surface area (Å²) in [5, 5.41) is 25.4. The van der Waals surface area contributed by atoms with E-state index in [1.54, 1.807) is 0 Å². The first kappa shape index (κ1) is 14.4. The van der Waals surface area contributed by atoms with Crippen LogP contribution in [-0.2, 0) is 7.05 Å². The fourth-order valence-corrected chi connectivity index (χ4v) is 1.59. The van der Waals surface area contributed by atoms with Crippen molar-refractivity contribution in [1.29, 1.82) is 0 Å². The van der Waals surface area contributed by atoms with Gasteiger partial charge in [0.2, 0.25) is 0 Å². The Balaban J connectivity index is 3.04. The Labute approximate surface area is 107 Å². The van der Waals surface area contributed by atoms with E-state index in [9.17, 15) is 14.9 Å². The molecule has 1 aromatic heterocycles. The van der Waals surface area contributed by atoms with E-state index in [4.69, 9.17) is 16.7 Å². The van der Waals surface area contributed by atoms with Gasteiger partial charge in [-0.2, -0.15) is 0 Å². The van der Waals surface area contributed by atoms with Crippen LogP contribution in [0.1, 0.15) is 12.8 Å². The van der Waals surface area contributed by atoms with Gasteiger partial charge in [0.25, 0.3) is 0 Å². The third-order valence-electron chi connectivity index (χ3n) is 2.23. The van der Waals surface area contributed by atoms with Gasteiger partial charge in [0.15, 0.2) is 5.69 Å². The van der Waals surface area contributed by atoms with E-state index < -0.39 is 16.3 Å². The molecule has 0 amide bonds. The molecule has 0 aliphatic carbocycles. The van der Waals surface area contributed by atoms with Crippen molar-refractivity contribution in [2.24, 2.45) is 7.05 Å². The van der Waals surface area contributed by atoms with E-state index in [1.807, 2.05) is 0 Å². The summed E-state index contributed by atoms with van der Waals surface area (Å²) >= 11 is 5.77. The van der Waals surface area contributed by atoms with Crippen LogP contribution in [0.2, 0.25) is 5.02 Å². The zero-order valence-corrected chi connectivity index (χ0v) is 10.5. The Morgan fingerprint density at radius 2 is 2.22 bits per heavy atom. The topological polar surface area (TPSA) is 110 Å². The number of aliphatic hydroxyl groups excluding tert-OH is 1. The normalized spacial score (nSPS) is 10.4. The fourth-order valence-electron chi connectivity index (χ4n) is 1.32. The largest absolute Gasteiger partial charge is 0.413 e. The van der Waals surface area contributed by atoms with E-state index >= 15 is 0 Å². The van der Waals surface area contributed by atoms with E-state index in [2.05, 4.69) is 10.4 Å². The second-order valence-corrected chi connectivity index (χ2v) is 3.93. The summed E-state index contributed by atoms with van der Waals surface area (Å²) in [5.74, 6) is -0.494. The highest BCUT2D eigenvalue weighted by molar-refractivity contribution is 6.33. The molecule has 1 aromatic rings.